The van der Waals surface area contributed by atoms with E-state index in [9.17, 15) is 0 Å². The van der Waals surface area contributed by atoms with Crippen molar-refractivity contribution in [2.45, 2.75) is 71.5 Å². The van der Waals surface area contributed by atoms with Gasteiger partial charge in [-0.1, -0.05) is 12.1 Å². The summed E-state index contributed by atoms with van der Waals surface area (Å²) in [5.41, 5.74) is 4.49. The van der Waals surface area contributed by atoms with E-state index < -0.39 is 0 Å². The molecule has 176 valence electrons. The van der Waals surface area contributed by atoms with Gasteiger partial charge in [0, 0.05) is 40.2 Å². The Bertz CT molecular complexity index is 1160. The molecule has 2 aromatic heterocycles. The van der Waals surface area contributed by atoms with Crippen molar-refractivity contribution in [3.63, 3.8) is 0 Å². The van der Waals surface area contributed by atoms with E-state index in [2.05, 4.69) is 75.9 Å². The van der Waals surface area contributed by atoms with Gasteiger partial charge in [0.2, 0.25) is 0 Å². The minimum atomic E-state index is 0.346. The van der Waals surface area contributed by atoms with Gasteiger partial charge in [0.25, 0.3) is 5.89 Å². The third-order valence-electron chi connectivity index (χ3n) is 7.04. The summed E-state index contributed by atoms with van der Waals surface area (Å²) in [6.45, 7) is 11.2. The van der Waals surface area contributed by atoms with Crippen molar-refractivity contribution in [1.82, 2.24) is 20.4 Å². The predicted molar refractivity (Wildman–Crippen MR) is 139 cm³/mol. The summed E-state index contributed by atoms with van der Waals surface area (Å²) in [4.78, 5) is 12.3. The molecule has 2 saturated heterocycles. The molecule has 1 aromatic carbocycles. The van der Waals surface area contributed by atoms with Crippen molar-refractivity contribution in [3.8, 4) is 11.5 Å². The summed E-state index contributed by atoms with van der Waals surface area (Å²) in [6.07, 6.45) is 4.25. The normalized spacial score (nSPS) is 23.5. The fourth-order valence-electron chi connectivity index (χ4n) is 5.22. The summed E-state index contributed by atoms with van der Waals surface area (Å²) < 4.78 is 12.4. The maximum Gasteiger partial charge on any atom is 0.261 e. The number of rotatable bonds is 5. The molecule has 7 nitrogen and oxygen atoms in total. The maximum absolute atomic E-state index is 5.69. The molecule has 3 aromatic rings. The molecule has 0 bridgehead atoms. The number of pyridine rings is 1. The number of ether oxygens (including phenoxy) is 1. The highest BCUT2D eigenvalue weighted by Gasteiger charge is 2.32. The molecule has 2 aliphatic heterocycles. The molecule has 0 radical (unpaired) electrons. The van der Waals surface area contributed by atoms with Gasteiger partial charge in [-0.3, -0.25) is 0 Å². The largest absolute Gasteiger partial charge is 0.380 e. The van der Waals surface area contributed by atoms with Crippen LogP contribution in [0.3, 0.4) is 0 Å². The minimum absolute atomic E-state index is 0.346. The van der Waals surface area contributed by atoms with Gasteiger partial charge in [0.05, 0.1) is 17.7 Å². The Kier molecular flexibility index (Phi) is 6.59. The van der Waals surface area contributed by atoms with Crippen LogP contribution >= 0.6 is 22.6 Å². The second-order valence-corrected chi connectivity index (χ2v) is 10.6. The number of hydrogen-bond donors (Lipinski definition) is 1. The predicted octanol–water partition coefficient (Wildman–Crippen LogP) is 4.80. The third-order valence-corrected chi connectivity index (χ3v) is 7.86. The zero-order chi connectivity index (χ0) is 23.1. The van der Waals surface area contributed by atoms with Crippen molar-refractivity contribution < 1.29 is 9.26 Å². The van der Waals surface area contributed by atoms with Crippen molar-refractivity contribution in [3.05, 3.63) is 32.7 Å². The molecule has 0 unspecified atom stereocenters. The molecule has 33 heavy (non-hydrogen) atoms. The van der Waals surface area contributed by atoms with Gasteiger partial charge in [-0.15, -0.1) is 0 Å². The van der Waals surface area contributed by atoms with E-state index in [1.165, 1.54) is 14.5 Å². The average Bonchev–Trinajstić information content (AvgIpc) is 3.46. The lowest BCUT2D eigenvalue weighted by atomic mass is 9.95. The number of nitrogens with zero attached hydrogens (tertiary/aromatic N) is 4. The van der Waals surface area contributed by atoms with Crippen LogP contribution in [0.15, 0.2) is 16.7 Å². The smallest absolute Gasteiger partial charge is 0.261 e. The van der Waals surface area contributed by atoms with E-state index in [0.717, 1.165) is 67.9 Å². The minimum Gasteiger partial charge on any atom is -0.380 e. The number of anilines is 1. The van der Waals surface area contributed by atoms with Crippen molar-refractivity contribution in [1.29, 1.82) is 0 Å². The van der Waals surface area contributed by atoms with Crippen LogP contribution in [0.4, 0.5) is 5.82 Å². The SMILES string of the molecule is CCc1cc(I)c2nc(N3CC[C@@H](N[C@H]4CCOC4)C[C@H]3C)c(-c3nc(C)no3)c(C)c2c1. The monoisotopic (exact) mass is 561 g/mol. The fraction of sp³-hybridized carbons (Fsp3) is 0.560. The van der Waals surface area contributed by atoms with E-state index in [1.54, 1.807) is 0 Å². The van der Waals surface area contributed by atoms with Crippen LogP contribution < -0.4 is 10.2 Å². The second-order valence-electron chi connectivity index (χ2n) is 9.40. The Balaban J connectivity index is 1.56. The summed E-state index contributed by atoms with van der Waals surface area (Å²) >= 11 is 2.42. The summed E-state index contributed by atoms with van der Waals surface area (Å²) in [7, 11) is 0. The molecular weight excluding hydrogens is 529 g/mol. The van der Waals surface area contributed by atoms with Crippen LogP contribution in [-0.4, -0.2) is 53.0 Å². The van der Waals surface area contributed by atoms with Gasteiger partial charge in [0.1, 0.15) is 5.82 Å². The second kappa shape index (κ2) is 9.46. The van der Waals surface area contributed by atoms with Crippen LogP contribution in [0.1, 0.15) is 50.1 Å². The number of aryl methyl sites for hydroxylation is 3. The molecule has 4 heterocycles. The van der Waals surface area contributed by atoms with Gasteiger partial charge in [-0.25, -0.2) is 4.98 Å². The standard InChI is InChI=1S/C25H32IN5O2/c1-5-17-11-20-15(3)22(25-27-16(4)30-33-25)24(29-23(20)21(26)12-17)31-8-6-18(10-14(31)2)28-19-7-9-32-13-19/h11-12,14,18-19,28H,5-10,13H2,1-4H3/t14-,18-,19+/m1/s1. The number of nitrogens with one attached hydrogen (secondary N) is 1. The van der Waals surface area contributed by atoms with E-state index in [0.29, 0.717) is 29.8 Å². The molecule has 8 heteroatoms. The van der Waals surface area contributed by atoms with Crippen LogP contribution in [0, 0.1) is 17.4 Å². The Morgan fingerprint density at radius 1 is 1.18 bits per heavy atom. The van der Waals surface area contributed by atoms with Crippen LogP contribution in [0.5, 0.6) is 0 Å². The lowest BCUT2D eigenvalue weighted by Crippen LogP contribution is -2.50. The van der Waals surface area contributed by atoms with Crippen LogP contribution in [0.2, 0.25) is 0 Å². The van der Waals surface area contributed by atoms with Gasteiger partial charge in [-0.05, 0) is 92.3 Å². The number of hydrogen-bond acceptors (Lipinski definition) is 7. The molecule has 3 atom stereocenters. The molecular formula is C25H32IN5O2. The molecule has 2 fully saturated rings. The Labute approximate surface area is 208 Å². The number of halogens is 1. The van der Waals surface area contributed by atoms with Gasteiger partial charge in [-0.2, -0.15) is 4.98 Å². The van der Waals surface area contributed by atoms with Gasteiger partial charge < -0.3 is 19.5 Å². The first-order valence-corrected chi connectivity index (χ1v) is 13.1. The summed E-state index contributed by atoms with van der Waals surface area (Å²) in [6, 6.07) is 5.85. The molecule has 5 rings (SSSR count). The Morgan fingerprint density at radius 3 is 2.70 bits per heavy atom. The highest BCUT2D eigenvalue weighted by atomic mass is 127. The first-order chi connectivity index (χ1) is 15.9. The zero-order valence-corrected chi connectivity index (χ0v) is 22.0. The molecule has 2 aliphatic rings. The number of aromatic nitrogens is 3. The van der Waals surface area contributed by atoms with Crippen LogP contribution in [0.25, 0.3) is 22.4 Å². The van der Waals surface area contributed by atoms with E-state index in [-0.39, 0.29) is 0 Å². The lowest BCUT2D eigenvalue weighted by Gasteiger charge is -2.40. The number of benzene rings is 1. The fourth-order valence-corrected chi connectivity index (χ4v) is 6.03. The van der Waals surface area contributed by atoms with Gasteiger partial charge in [0.15, 0.2) is 5.82 Å². The van der Waals surface area contributed by atoms with Gasteiger partial charge >= 0.3 is 0 Å². The number of fused-ring (bicyclic) bond motifs is 1. The Hall–Kier alpha value is -1.78. The lowest BCUT2D eigenvalue weighted by molar-refractivity contribution is 0.185. The molecule has 0 aliphatic carbocycles. The van der Waals surface area contributed by atoms with E-state index in [4.69, 9.17) is 14.2 Å². The van der Waals surface area contributed by atoms with Crippen molar-refractivity contribution in [2.75, 3.05) is 24.7 Å². The van der Waals surface area contributed by atoms with Crippen molar-refractivity contribution in [2.24, 2.45) is 0 Å². The zero-order valence-electron chi connectivity index (χ0n) is 19.8. The molecule has 1 N–H and O–H groups in total. The average molecular weight is 561 g/mol. The first-order valence-electron chi connectivity index (χ1n) is 12.0. The van der Waals surface area contributed by atoms with Crippen LogP contribution in [-0.2, 0) is 11.2 Å². The highest BCUT2D eigenvalue weighted by molar-refractivity contribution is 14.1. The topological polar surface area (TPSA) is 76.3 Å². The summed E-state index contributed by atoms with van der Waals surface area (Å²) in [5, 5.41) is 9.07. The summed E-state index contributed by atoms with van der Waals surface area (Å²) in [5.74, 6) is 2.16. The Morgan fingerprint density at radius 2 is 2.03 bits per heavy atom. The first kappa shape index (κ1) is 23.0. The molecule has 0 saturated carbocycles. The third kappa shape index (κ3) is 4.49. The van der Waals surface area contributed by atoms with E-state index in [1.807, 2.05) is 6.92 Å². The maximum atomic E-state index is 5.69. The molecule has 0 spiro atoms. The highest BCUT2D eigenvalue weighted by Crippen LogP contribution is 2.39. The van der Waals surface area contributed by atoms with E-state index >= 15 is 0 Å². The van der Waals surface area contributed by atoms with Crippen molar-refractivity contribution >= 4 is 39.3 Å². The quantitative estimate of drug-likeness (QED) is 0.449. The number of piperidine rings is 1. The molecule has 0 amide bonds.